The molecule has 1 unspecified atom stereocenters. The molecule has 1 aromatic carbocycles. The Morgan fingerprint density at radius 2 is 2.32 bits per heavy atom. The van der Waals surface area contributed by atoms with Gasteiger partial charge in [0, 0.05) is 10.0 Å². The third kappa shape index (κ3) is 2.46. The molecule has 0 aliphatic carbocycles. The molecule has 0 saturated heterocycles. The van der Waals surface area contributed by atoms with Gasteiger partial charge in [-0.15, -0.1) is 11.3 Å². The van der Waals surface area contributed by atoms with Crippen molar-refractivity contribution >= 4 is 33.1 Å². The molecule has 0 bridgehead atoms. The summed E-state index contributed by atoms with van der Waals surface area (Å²) in [4.78, 5) is 6.51. The van der Waals surface area contributed by atoms with E-state index in [1.165, 1.54) is 0 Å². The first-order valence-corrected chi connectivity index (χ1v) is 7.33. The van der Waals surface area contributed by atoms with Crippen LogP contribution in [-0.2, 0) is 4.84 Å². The van der Waals surface area contributed by atoms with Crippen LogP contribution in [0.1, 0.15) is 16.7 Å². The molecule has 0 amide bonds. The van der Waals surface area contributed by atoms with E-state index in [1.807, 2.05) is 35.7 Å². The van der Waals surface area contributed by atoms with Crippen LogP contribution in [0.25, 0.3) is 0 Å². The Bertz CT molecular complexity index is 613. The Labute approximate surface area is 123 Å². The van der Waals surface area contributed by atoms with Gasteiger partial charge in [0.15, 0.2) is 5.84 Å². The zero-order chi connectivity index (χ0) is 13.2. The summed E-state index contributed by atoms with van der Waals surface area (Å²) in [6, 6.07) is 9.74. The van der Waals surface area contributed by atoms with Crippen molar-refractivity contribution in [2.24, 2.45) is 5.16 Å². The molecule has 0 saturated carbocycles. The number of methoxy groups -OCH3 is 1. The SMILES string of the molecule is COc1ccc(Br)c(C2NC(c3cccs3)=NO2)c1. The van der Waals surface area contributed by atoms with Gasteiger partial charge in [-0.1, -0.05) is 27.2 Å². The highest BCUT2D eigenvalue weighted by Gasteiger charge is 2.25. The number of amidine groups is 1. The molecule has 1 N–H and O–H groups in total. The molecule has 1 aromatic heterocycles. The fourth-order valence-electron chi connectivity index (χ4n) is 1.80. The van der Waals surface area contributed by atoms with Gasteiger partial charge >= 0.3 is 0 Å². The minimum Gasteiger partial charge on any atom is -0.497 e. The van der Waals surface area contributed by atoms with Crippen molar-refractivity contribution in [1.29, 1.82) is 0 Å². The van der Waals surface area contributed by atoms with Gasteiger partial charge in [0.25, 0.3) is 0 Å². The van der Waals surface area contributed by atoms with Gasteiger partial charge < -0.3 is 14.9 Å². The second-order valence-corrected chi connectivity index (χ2v) is 5.74. The van der Waals surface area contributed by atoms with E-state index in [1.54, 1.807) is 18.4 Å². The molecule has 6 heteroatoms. The van der Waals surface area contributed by atoms with Crippen LogP contribution in [0.4, 0.5) is 0 Å². The molecular formula is C13H11BrN2O2S. The number of hydrogen-bond acceptors (Lipinski definition) is 5. The number of hydrogen-bond donors (Lipinski definition) is 1. The lowest BCUT2D eigenvalue weighted by Crippen LogP contribution is -2.23. The van der Waals surface area contributed by atoms with Crippen molar-refractivity contribution in [2.75, 3.05) is 7.11 Å². The van der Waals surface area contributed by atoms with E-state index in [9.17, 15) is 0 Å². The van der Waals surface area contributed by atoms with E-state index in [4.69, 9.17) is 9.57 Å². The molecule has 1 aliphatic rings. The van der Waals surface area contributed by atoms with Gasteiger partial charge in [0.1, 0.15) is 5.75 Å². The molecule has 1 aliphatic heterocycles. The summed E-state index contributed by atoms with van der Waals surface area (Å²) >= 11 is 5.13. The summed E-state index contributed by atoms with van der Waals surface area (Å²) in [6.45, 7) is 0. The van der Waals surface area contributed by atoms with E-state index in [-0.39, 0.29) is 6.23 Å². The fourth-order valence-corrected chi connectivity index (χ4v) is 2.92. The lowest BCUT2D eigenvalue weighted by molar-refractivity contribution is 0.0722. The summed E-state index contributed by atoms with van der Waals surface area (Å²) in [6.07, 6.45) is -0.304. The van der Waals surface area contributed by atoms with Gasteiger partial charge in [0.2, 0.25) is 6.23 Å². The van der Waals surface area contributed by atoms with Crippen molar-refractivity contribution in [1.82, 2.24) is 5.32 Å². The quantitative estimate of drug-likeness (QED) is 0.931. The zero-order valence-corrected chi connectivity index (χ0v) is 12.5. The van der Waals surface area contributed by atoms with E-state index < -0.39 is 0 Å². The minimum absolute atomic E-state index is 0.304. The molecule has 98 valence electrons. The first kappa shape index (κ1) is 12.5. The summed E-state index contributed by atoms with van der Waals surface area (Å²) < 4.78 is 6.18. The molecule has 4 nitrogen and oxygen atoms in total. The average Bonchev–Trinajstić information content (AvgIpc) is 3.10. The predicted octanol–water partition coefficient (Wildman–Crippen LogP) is 3.50. The molecular weight excluding hydrogens is 328 g/mol. The van der Waals surface area contributed by atoms with Gasteiger partial charge in [-0.2, -0.15) is 0 Å². The van der Waals surface area contributed by atoms with E-state index in [2.05, 4.69) is 26.4 Å². The van der Waals surface area contributed by atoms with Crippen LogP contribution in [0.2, 0.25) is 0 Å². The smallest absolute Gasteiger partial charge is 0.226 e. The summed E-state index contributed by atoms with van der Waals surface area (Å²) in [5, 5.41) is 9.35. The van der Waals surface area contributed by atoms with E-state index in [0.717, 1.165) is 26.5 Å². The number of benzene rings is 1. The highest BCUT2D eigenvalue weighted by atomic mass is 79.9. The van der Waals surface area contributed by atoms with Crippen LogP contribution in [0.15, 0.2) is 45.3 Å². The number of nitrogens with one attached hydrogen (secondary N) is 1. The molecule has 1 atom stereocenters. The number of thiophene rings is 1. The first-order valence-electron chi connectivity index (χ1n) is 5.65. The van der Waals surface area contributed by atoms with Crippen molar-refractivity contribution in [3.05, 3.63) is 50.6 Å². The lowest BCUT2D eigenvalue weighted by atomic mass is 10.2. The molecule has 2 aromatic rings. The maximum absolute atomic E-state index is 5.45. The van der Waals surface area contributed by atoms with Crippen LogP contribution in [0.3, 0.4) is 0 Å². The third-order valence-electron chi connectivity index (χ3n) is 2.76. The van der Waals surface area contributed by atoms with Crippen LogP contribution < -0.4 is 10.1 Å². The molecule has 0 radical (unpaired) electrons. The molecule has 3 rings (SSSR count). The monoisotopic (exact) mass is 338 g/mol. The van der Waals surface area contributed by atoms with E-state index >= 15 is 0 Å². The number of nitrogens with zero attached hydrogens (tertiary/aromatic N) is 1. The second kappa shape index (κ2) is 5.22. The molecule has 2 heterocycles. The van der Waals surface area contributed by atoms with Crippen LogP contribution >= 0.6 is 27.3 Å². The molecule has 0 fully saturated rings. The Kier molecular flexibility index (Phi) is 3.44. The molecule has 0 spiro atoms. The summed E-state index contributed by atoms with van der Waals surface area (Å²) in [5.41, 5.74) is 0.953. The van der Waals surface area contributed by atoms with Crippen molar-refractivity contribution in [3.63, 3.8) is 0 Å². The lowest BCUT2D eigenvalue weighted by Gasteiger charge is -2.13. The van der Waals surface area contributed by atoms with Gasteiger partial charge in [0.05, 0.1) is 12.0 Å². The van der Waals surface area contributed by atoms with Crippen LogP contribution in [-0.4, -0.2) is 12.9 Å². The van der Waals surface area contributed by atoms with Crippen molar-refractivity contribution in [2.45, 2.75) is 6.23 Å². The van der Waals surface area contributed by atoms with E-state index in [0.29, 0.717) is 0 Å². The first-order chi connectivity index (χ1) is 9.28. The predicted molar refractivity (Wildman–Crippen MR) is 78.5 cm³/mol. The van der Waals surface area contributed by atoms with Gasteiger partial charge in [-0.3, -0.25) is 0 Å². The van der Waals surface area contributed by atoms with Crippen molar-refractivity contribution in [3.8, 4) is 5.75 Å². The number of halogens is 1. The maximum Gasteiger partial charge on any atom is 0.226 e. The average molecular weight is 339 g/mol. The fraction of sp³-hybridized carbons (Fsp3) is 0.154. The molecule has 19 heavy (non-hydrogen) atoms. The normalized spacial score (nSPS) is 17.6. The Morgan fingerprint density at radius 3 is 3.05 bits per heavy atom. The van der Waals surface area contributed by atoms with Crippen molar-refractivity contribution < 1.29 is 9.57 Å². The Hall–Kier alpha value is -1.53. The maximum atomic E-state index is 5.45. The minimum atomic E-state index is -0.304. The number of rotatable bonds is 3. The number of oxime groups is 1. The third-order valence-corrected chi connectivity index (χ3v) is 4.36. The Morgan fingerprint density at radius 1 is 1.42 bits per heavy atom. The van der Waals surface area contributed by atoms with Crippen LogP contribution in [0.5, 0.6) is 5.75 Å². The highest BCUT2D eigenvalue weighted by Crippen LogP contribution is 2.31. The largest absolute Gasteiger partial charge is 0.497 e. The standard InChI is InChI=1S/C13H11BrN2O2S/c1-17-8-4-5-10(14)9(7-8)13-15-12(16-18-13)11-3-2-6-19-11/h2-7,13H,1H3,(H,15,16). The van der Waals surface area contributed by atoms with Crippen LogP contribution in [0, 0.1) is 0 Å². The second-order valence-electron chi connectivity index (χ2n) is 3.93. The van der Waals surface area contributed by atoms with Gasteiger partial charge in [-0.05, 0) is 29.6 Å². The number of ether oxygens (including phenoxy) is 1. The summed E-state index contributed by atoms with van der Waals surface area (Å²) in [7, 11) is 1.64. The highest BCUT2D eigenvalue weighted by molar-refractivity contribution is 9.10. The zero-order valence-electron chi connectivity index (χ0n) is 10.1. The van der Waals surface area contributed by atoms with Gasteiger partial charge in [-0.25, -0.2) is 0 Å². The summed E-state index contributed by atoms with van der Waals surface area (Å²) in [5.74, 6) is 1.54. The Balaban J connectivity index is 1.83. The topological polar surface area (TPSA) is 42.8 Å².